The minimum absolute atomic E-state index is 0.00564. The quantitative estimate of drug-likeness (QED) is 0.600. The number of ether oxygens (including phenoxy) is 1. The van der Waals surface area contributed by atoms with Crippen molar-refractivity contribution in [2.24, 2.45) is 0 Å². The number of ketones is 1. The molecule has 6 nitrogen and oxygen atoms in total. The summed E-state index contributed by atoms with van der Waals surface area (Å²) in [6, 6.07) is 13.2. The maximum atomic E-state index is 12.5. The maximum absolute atomic E-state index is 12.5. The average molecular weight is 384 g/mol. The van der Waals surface area contributed by atoms with Gasteiger partial charge in [-0.15, -0.1) is 11.3 Å². The molecule has 2 aliphatic rings. The Bertz CT molecular complexity index is 829. The molecule has 140 valence electrons. The van der Waals surface area contributed by atoms with E-state index < -0.39 is 11.7 Å². The molecule has 2 aromatic rings. The van der Waals surface area contributed by atoms with Crippen LogP contribution < -0.4 is 0 Å². The van der Waals surface area contributed by atoms with Gasteiger partial charge < -0.3 is 9.64 Å². The zero-order valence-electron chi connectivity index (χ0n) is 14.7. The minimum Gasteiger partial charge on any atom is -0.447 e. The number of benzene rings is 1. The Balaban J connectivity index is 1.41. The molecule has 0 saturated carbocycles. The highest BCUT2D eigenvalue weighted by Gasteiger charge is 2.41. The van der Waals surface area contributed by atoms with Crippen molar-refractivity contribution in [1.82, 2.24) is 9.80 Å². The molecule has 2 aliphatic heterocycles. The van der Waals surface area contributed by atoms with Crippen LogP contribution in [0.5, 0.6) is 0 Å². The fraction of sp³-hybridized carbons (Fsp3) is 0.350. The van der Waals surface area contributed by atoms with Gasteiger partial charge in [0.05, 0.1) is 10.9 Å². The largest absolute Gasteiger partial charge is 0.447 e. The average Bonchev–Trinajstić information content (AvgIpc) is 3.38. The van der Waals surface area contributed by atoms with Gasteiger partial charge in [-0.1, -0.05) is 36.4 Å². The first-order valence-electron chi connectivity index (χ1n) is 9.02. The summed E-state index contributed by atoms with van der Waals surface area (Å²) in [7, 11) is 0. The van der Waals surface area contributed by atoms with Crippen molar-refractivity contribution in [3.8, 4) is 0 Å². The molecule has 0 radical (unpaired) electrons. The molecule has 0 N–H and O–H groups in total. The highest BCUT2D eigenvalue weighted by atomic mass is 32.1. The topological polar surface area (TPSA) is 66.9 Å². The Hall–Kier alpha value is -2.67. The third kappa shape index (κ3) is 3.47. The van der Waals surface area contributed by atoms with Crippen LogP contribution in [0.25, 0.3) is 0 Å². The molecule has 0 bridgehead atoms. The van der Waals surface area contributed by atoms with Gasteiger partial charge in [-0.05, 0) is 29.9 Å². The standard InChI is InChI=1S/C20H20N2O4S/c23-18(17-7-4-12-27-17)19(24)21-10-8-15(9-11-21)22-16(13-26-20(22)25)14-5-2-1-3-6-14/h1-7,12,15-16H,8-11,13H2. The summed E-state index contributed by atoms with van der Waals surface area (Å²) >= 11 is 1.28. The molecule has 27 heavy (non-hydrogen) atoms. The van der Waals surface area contributed by atoms with E-state index in [1.54, 1.807) is 27.3 Å². The molecule has 3 heterocycles. The molecule has 4 rings (SSSR count). The molecule has 2 amide bonds. The predicted molar refractivity (Wildman–Crippen MR) is 101 cm³/mol. The molecule has 0 aliphatic carbocycles. The lowest BCUT2D eigenvalue weighted by Gasteiger charge is -2.37. The van der Waals surface area contributed by atoms with Crippen LogP contribution >= 0.6 is 11.3 Å². The molecular formula is C20H20N2O4S. The third-order valence-corrected chi connectivity index (χ3v) is 6.05. The lowest BCUT2D eigenvalue weighted by molar-refractivity contribution is -0.127. The van der Waals surface area contributed by atoms with Crippen LogP contribution in [0.1, 0.15) is 34.1 Å². The fourth-order valence-corrected chi connectivity index (χ4v) is 4.43. The van der Waals surface area contributed by atoms with E-state index in [0.29, 0.717) is 37.4 Å². The van der Waals surface area contributed by atoms with Crippen molar-refractivity contribution in [1.29, 1.82) is 0 Å². The Kier molecular flexibility index (Phi) is 4.94. The van der Waals surface area contributed by atoms with Crippen LogP contribution in [0.15, 0.2) is 47.8 Å². The highest BCUT2D eigenvalue weighted by molar-refractivity contribution is 7.13. The van der Waals surface area contributed by atoms with E-state index in [0.717, 1.165) is 5.56 Å². The lowest BCUT2D eigenvalue weighted by Crippen LogP contribution is -2.49. The van der Waals surface area contributed by atoms with Crippen LogP contribution in [-0.2, 0) is 9.53 Å². The van der Waals surface area contributed by atoms with Crippen molar-refractivity contribution < 1.29 is 19.1 Å². The van der Waals surface area contributed by atoms with Crippen LogP contribution in [0.4, 0.5) is 4.79 Å². The molecule has 1 atom stereocenters. The summed E-state index contributed by atoms with van der Waals surface area (Å²) in [6.07, 6.45) is 0.979. The Labute approximate surface area is 161 Å². The number of likely N-dealkylation sites (tertiary alicyclic amines) is 1. The first-order valence-corrected chi connectivity index (χ1v) is 9.90. The van der Waals surface area contributed by atoms with E-state index in [4.69, 9.17) is 4.74 Å². The van der Waals surface area contributed by atoms with Crippen molar-refractivity contribution in [3.05, 3.63) is 58.3 Å². The number of rotatable bonds is 4. The Morgan fingerprint density at radius 3 is 2.44 bits per heavy atom. The first kappa shape index (κ1) is 17.7. The monoisotopic (exact) mass is 384 g/mol. The number of Topliss-reactive ketones (excluding diaryl/α,β-unsaturated/α-hetero) is 1. The zero-order chi connectivity index (χ0) is 18.8. The Morgan fingerprint density at radius 2 is 1.78 bits per heavy atom. The van der Waals surface area contributed by atoms with E-state index in [9.17, 15) is 14.4 Å². The fourth-order valence-electron chi connectivity index (χ4n) is 3.77. The summed E-state index contributed by atoms with van der Waals surface area (Å²) in [5.41, 5.74) is 1.05. The summed E-state index contributed by atoms with van der Waals surface area (Å²) in [4.78, 5) is 40.9. The van der Waals surface area contributed by atoms with Crippen LogP contribution in [0.3, 0.4) is 0 Å². The van der Waals surface area contributed by atoms with Crippen molar-refractivity contribution in [2.45, 2.75) is 24.9 Å². The van der Waals surface area contributed by atoms with E-state index >= 15 is 0 Å². The van der Waals surface area contributed by atoms with Gasteiger partial charge in [0.25, 0.3) is 11.7 Å². The van der Waals surface area contributed by atoms with E-state index in [1.807, 2.05) is 30.3 Å². The highest BCUT2D eigenvalue weighted by Crippen LogP contribution is 2.33. The van der Waals surface area contributed by atoms with Gasteiger partial charge in [0, 0.05) is 19.1 Å². The number of carbonyl (C=O) groups is 3. The first-order chi connectivity index (χ1) is 13.1. The normalized spacial score (nSPS) is 20.6. The van der Waals surface area contributed by atoms with Crippen molar-refractivity contribution in [2.75, 3.05) is 19.7 Å². The number of carbonyl (C=O) groups excluding carboxylic acids is 3. The Morgan fingerprint density at radius 1 is 1.04 bits per heavy atom. The lowest BCUT2D eigenvalue weighted by atomic mass is 9.99. The zero-order valence-corrected chi connectivity index (χ0v) is 15.6. The third-order valence-electron chi connectivity index (χ3n) is 5.18. The number of piperidine rings is 1. The van der Waals surface area contributed by atoms with Gasteiger partial charge in [-0.3, -0.25) is 14.5 Å². The van der Waals surface area contributed by atoms with Crippen LogP contribution in [-0.4, -0.2) is 53.3 Å². The molecular weight excluding hydrogens is 364 g/mol. The molecule has 1 aromatic carbocycles. The number of nitrogens with zero attached hydrogens (tertiary/aromatic N) is 2. The predicted octanol–water partition coefficient (Wildman–Crippen LogP) is 3.12. The second-order valence-corrected chi connectivity index (χ2v) is 7.69. The van der Waals surface area contributed by atoms with Gasteiger partial charge in [0.15, 0.2) is 0 Å². The molecule has 0 spiro atoms. The van der Waals surface area contributed by atoms with Crippen molar-refractivity contribution >= 4 is 29.1 Å². The molecule has 2 saturated heterocycles. The van der Waals surface area contributed by atoms with Crippen LogP contribution in [0, 0.1) is 0 Å². The van der Waals surface area contributed by atoms with E-state index in [2.05, 4.69) is 0 Å². The second-order valence-electron chi connectivity index (χ2n) is 6.74. The summed E-state index contributed by atoms with van der Waals surface area (Å²) < 4.78 is 5.30. The van der Waals surface area contributed by atoms with Gasteiger partial charge in [-0.25, -0.2) is 4.79 Å². The number of hydrogen-bond donors (Lipinski definition) is 0. The van der Waals surface area contributed by atoms with Gasteiger partial charge in [0.1, 0.15) is 6.61 Å². The SMILES string of the molecule is O=C(C(=O)N1CCC(N2C(=O)OCC2c2ccccc2)CC1)c1cccs1. The summed E-state index contributed by atoms with van der Waals surface area (Å²) in [5.74, 6) is -0.911. The molecule has 7 heteroatoms. The number of cyclic esters (lactones) is 1. The number of hydrogen-bond acceptors (Lipinski definition) is 5. The van der Waals surface area contributed by atoms with Gasteiger partial charge in [-0.2, -0.15) is 0 Å². The van der Waals surface area contributed by atoms with Crippen molar-refractivity contribution in [3.63, 3.8) is 0 Å². The molecule has 2 fully saturated rings. The van der Waals surface area contributed by atoms with Gasteiger partial charge in [0.2, 0.25) is 0 Å². The molecule has 1 aromatic heterocycles. The van der Waals surface area contributed by atoms with E-state index in [-0.39, 0.29) is 18.2 Å². The number of amides is 2. The van der Waals surface area contributed by atoms with Gasteiger partial charge >= 0.3 is 6.09 Å². The van der Waals surface area contributed by atoms with Crippen LogP contribution in [0.2, 0.25) is 0 Å². The summed E-state index contributed by atoms with van der Waals surface area (Å²) in [5, 5.41) is 1.79. The smallest absolute Gasteiger partial charge is 0.410 e. The van der Waals surface area contributed by atoms with E-state index in [1.165, 1.54) is 11.3 Å². The second kappa shape index (κ2) is 7.52. The summed E-state index contributed by atoms with van der Waals surface area (Å²) in [6.45, 7) is 1.27. The minimum atomic E-state index is -0.459. The molecule has 1 unspecified atom stereocenters. The number of thiophene rings is 1. The maximum Gasteiger partial charge on any atom is 0.410 e.